The predicted molar refractivity (Wildman–Crippen MR) is 152 cm³/mol. The lowest BCUT2D eigenvalue weighted by atomic mass is 9.82. The highest BCUT2D eigenvalue weighted by molar-refractivity contribution is 7.89. The van der Waals surface area contributed by atoms with Crippen LogP contribution in [0.3, 0.4) is 0 Å². The number of Topliss-reactive ketones (excluding diaryl/α,β-unsaturated/α-hetero) is 1. The Morgan fingerprint density at radius 1 is 0.907 bits per heavy atom. The maximum atomic E-state index is 13.7. The second kappa shape index (κ2) is 12.4. The minimum atomic E-state index is -4.86. The van der Waals surface area contributed by atoms with Crippen LogP contribution in [-0.4, -0.2) is 31.6 Å². The number of benzene rings is 3. The largest absolute Gasteiger partial charge is 0.417 e. The lowest BCUT2D eigenvalue weighted by Gasteiger charge is -2.33. The van der Waals surface area contributed by atoms with E-state index in [1.807, 2.05) is 19.9 Å². The Kier molecular flexibility index (Phi) is 9.47. The average molecular weight is 626 g/mol. The fraction of sp³-hybridized carbons (Fsp3) is 0.406. The quantitative estimate of drug-likeness (QED) is 0.236. The molecule has 0 aliphatic carbocycles. The van der Waals surface area contributed by atoms with E-state index < -0.39 is 50.2 Å². The molecule has 3 aromatic rings. The summed E-state index contributed by atoms with van der Waals surface area (Å²) in [5, 5.41) is 0. The fourth-order valence-corrected chi connectivity index (χ4v) is 7.37. The van der Waals surface area contributed by atoms with Crippen molar-refractivity contribution in [2.45, 2.75) is 69.1 Å². The zero-order valence-corrected chi connectivity index (χ0v) is 24.8. The minimum Gasteiger partial charge on any atom is -0.299 e. The highest BCUT2D eigenvalue weighted by atomic mass is 32.2. The molecule has 0 N–H and O–H groups in total. The number of hydrogen-bond donors (Lipinski definition) is 0. The Bertz CT molecular complexity index is 1560. The first kappa shape index (κ1) is 32.7. The van der Waals surface area contributed by atoms with Gasteiger partial charge in [-0.3, -0.25) is 4.79 Å². The van der Waals surface area contributed by atoms with E-state index in [4.69, 9.17) is 0 Å². The first-order chi connectivity index (χ1) is 20.0. The summed E-state index contributed by atoms with van der Waals surface area (Å²) in [5.74, 6) is -0.825. The van der Waals surface area contributed by atoms with Gasteiger partial charge in [-0.1, -0.05) is 56.3 Å². The Labute approximate surface area is 247 Å². The van der Waals surface area contributed by atoms with Gasteiger partial charge >= 0.3 is 12.4 Å². The molecule has 2 unspecified atom stereocenters. The van der Waals surface area contributed by atoms with Gasteiger partial charge in [-0.15, -0.1) is 0 Å². The molecular weight excluding hydrogens is 592 g/mol. The molecule has 4 nitrogen and oxygen atoms in total. The van der Waals surface area contributed by atoms with Gasteiger partial charge in [0.05, 0.1) is 16.0 Å². The van der Waals surface area contributed by atoms with Gasteiger partial charge in [0.1, 0.15) is 5.78 Å². The smallest absolute Gasteiger partial charge is 0.299 e. The zero-order valence-electron chi connectivity index (χ0n) is 24.0. The third kappa shape index (κ3) is 7.49. The standard InChI is InChI=1S/C32H33F6NO3S/c1-20(2)15-28(21(3)40)26-17-24(22-10-12-27(13-11-22)31(33,34)35)16-25(18-26)23-7-6-14-39(19-23)43(41,42)30-9-5-4-8-29(30)32(36,37)38/h4-5,8-13,16-18,20,23,28H,6-7,14-15,19H2,1-3H3. The molecule has 0 bridgehead atoms. The van der Waals surface area contributed by atoms with Crippen LogP contribution in [0, 0.1) is 5.92 Å². The summed E-state index contributed by atoms with van der Waals surface area (Å²) in [5.41, 5.74) is 0.353. The van der Waals surface area contributed by atoms with Crippen molar-refractivity contribution >= 4 is 15.8 Å². The molecule has 0 amide bonds. The molecule has 4 rings (SSSR count). The Morgan fingerprint density at radius 2 is 1.56 bits per heavy atom. The number of sulfonamides is 1. The van der Waals surface area contributed by atoms with Crippen LogP contribution >= 0.6 is 0 Å². The van der Waals surface area contributed by atoms with Gasteiger partial charge in [0.15, 0.2) is 0 Å². The molecule has 43 heavy (non-hydrogen) atoms. The topological polar surface area (TPSA) is 54.5 Å². The molecule has 11 heteroatoms. The zero-order chi connectivity index (χ0) is 31.7. The monoisotopic (exact) mass is 625 g/mol. The molecular formula is C32H33F6NO3S. The molecule has 0 saturated carbocycles. The van der Waals surface area contributed by atoms with Crippen molar-refractivity contribution in [3.8, 4) is 11.1 Å². The normalized spacial score (nSPS) is 17.7. The lowest BCUT2D eigenvalue weighted by Crippen LogP contribution is -2.39. The van der Waals surface area contributed by atoms with Crippen molar-refractivity contribution in [2.75, 3.05) is 13.1 Å². The van der Waals surface area contributed by atoms with E-state index in [0.29, 0.717) is 41.5 Å². The van der Waals surface area contributed by atoms with E-state index in [1.54, 1.807) is 12.1 Å². The summed E-state index contributed by atoms with van der Waals surface area (Å²) < 4.78 is 109. The number of piperidine rings is 1. The minimum absolute atomic E-state index is 0.0416. The molecule has 0 aromatic heterocycles. The third-order valence-electron chi connectivity index (χ3n) is 7.79. The second-order valence-corrected chi connectivity index (χ2v) is 13.4. The average Bonchev–Trinajstić information content (AvgIpc) is 2.94. The predicted octanol–water partition coefficient (Wildman–Crippen LogP) is 8.68. The molecule has 1 heterocycles. The van der Waals surface area contributed by atoms with Crippen LogP contribution in [0.4, 0.5) is 26.3 Å². The summed E-state index contributed by atoms with van der Waals surface area (Å²) in [7, 11) is -4.50. The summed E-state index contributed by atoms with van der Waals surface area (Å²) in [4.78, 5) is 11.9. The van der Waals surface area contributed by atoms with Crippen LogP contribution in [0.2, 0.25) is 0 Å². The molecule has 2 atom stereocenters. The lowest BCUT2D eigenvalue weighted by molar-refractivity contribution is -0.140. The van der Waals surface area contributed by atoms with Crippen LogP contribution in [-0.2, 0) is 27.2 Å². The van der Waals surface area contributed by atoms with E-state index in [9.17, 15) is 39.6 Å². The first-order valence-corrected chi connectivity index (χ1v) is 15.4. The van der Waals surface area contributed by atoms with E-state index in [0.717, 1.165) is 34.6 Å². The fourth-order valence-electron chi connectivity index (χ4n) is 5.64. The van der Waals surface area contributed by atoms with Crippen LogP contribution in [0.15, 0.2) is 71.6 Å². The SMILES string of the molecule is CC(=O)C(CC(C)C)c1cc(-c2ccc(C(F)(F)F)cc2)cc(C2CCCN(S(=O)(=O)c3ccccc3C(F)(F)F)C2)c1. The number of alkyl halides is 6. The van der Waals surface area contributed by atoms with Gasteiger partial charge < -0.3 is 0 Å². The summed E-state index contributed by atoms with van der Waals surface area (Å²) >= 11 is 0. The number of ketones is 1. The molecule has 1 aliphatic rings. The van der Waals surface area contributed by atoms with Gasteiger partial charge in [0, 0.05) is 19.0 Å². The Morgan fingerprint density at radius 3 is 2.14 bits per heavy atom. The van der Waals surface area contributed by atoms with Crippen LogP contribution in [0.5, 0.6) is 0 Å². The molecule has 0 radical (unpaired) electrons. The van der Waals surface area contributed by atoms with Crippen molar-refractivity contribution in [1.29, 1.82) is 0 Å². The van der Waals surface area contributed by atoms with E-state index in [1.165, 1.54) is 25.1 Å². The van der Waals surface area contributed by atoms with E-state index in [-0.39, 0.29) is 24.8 Å². The maximum Gasteiger partial charge on any atom is 0.417 e. The van der Waals surface area contributed by atoms with Crippen molar-refractivity contribution < 1.29 is 39.6 Å². The van der Waals surface area contributed by atoms with Gasteiger partial charge in [-0.2, -0.15) is 30.6 Å². The molecule has 3 aromatic carbocycles. The van der Waals surface area contributed by atoms with E-state index in [2.05, 4.69) is 0 Å². The summed E-state index contributed by atoms with van der Waals surface area (Å²) in [6.45, 7) is 5.38. The van der Waals surface area contributed by atoms with Crippen LogP contribution < -0.4 is 0 Å². The number of carbonyl (C=O) groups excluding carboxylic acids is 1. The Balaban J connectivity index is 1.77. The van der Waals surface area contributed by atoms with Gasteiger partial charge in [0.2, 0.25) is 10.0 Å². The highest BCUT2D eigenvalue weighted by Crippen LogP contribution is 2.39. The number of nitrogens with zero attached hydrogens (tertiary/aromatic N) is 1. The third-order valence-corrected chi connectivity index (χ3v) is 9.71. The van der Waals surface area contributed by atoms with Crippen LogP contribution in [0.25, 0.3) is 11.1 Å². The maximum absolute atomic E-state index is 13.7. The van der Waals surface area contributed by atoms with Crippen molar-refractivity contribution in [1.82, 2.24) is 4.31 Å². The van der Waals surface area contributed by atoms with Crippen molar-refractivity contribution in [3.63, 3.8) is 0 Å². The van der Waals surface area contributed by atoms with Gasteiger partial charge in [-0.05, 0) is 84.5 Å². The summed E-state index contributed by atoms with van der Waals surface area (Å²) in [6.07, 6.45) is -7.91. The van der Waals surface area contributed by atoms with Crippen molar-refractivity contribution in [3.05, 3.63) is 89.0 Å². The highest BCUT2D eigenvalue weighted by Gasteiger charge is 2.40. The molecule has 1 fully saturated rings. The number of carbonyl (C=O) groups is 1. The number of rotatable bonds is 8. The summed E-state index contributed by atoms with van der Waals surface area (Å²) in [6, 6.07) is 14.1. The van der Waals surface area contributed by atoms with E-state index >= 15 is 0 Å². The first-order valence-electron chi connectivity index (χ1n) is 14.0. The van der Waals surface area contributed by atoms with Gasteiger partial charge in [-0.25, -0.2) is 8.42 Å². The second-order valence-electron chi connectivity index (χ2n) is 11.5. The molecule has 1 saturated heterocycles. The molecule has 232 valence electrons. The number of halogens is 6. The van der Waals surface area contributed by atoms with Crippen LogP contribution in [0.1, 0.15) is 74.1 Å². The van der Waals surface area contributed by atoms with Gasteiger partial charge in [0.25, 0.3) is 0 Å². The Hall–Kier alpha value is -3.18. The number of hydrogen-bond acceptors (Lipinski definition) is 3. The molecule has 1 aliphatic heterocycles. The molecule has 0 spiro atoms. The van der Waals surface area contributed by atoms with Crippen molar-refractivity contribution in [2.24, 2.45) is 5.92 Å².